The minimum absolute atomic E-state index is 0.0189. The molecule has 0 N–H and O–H groups in total. The van der Waals surface area contributed by atoms with E-state index in [4.69, 9.17) is 4.98 Å². The number of hydrogen-bond donors (Lipinski definition) is 0. The van der Waals surface area contributed by atoms with Crippen LogP contribution in [0.15, 0.2) is 6.20 Å². The van der Waals surface area contributed by atoms with Crippen LogP contribution in [0.3, 0.4) is 0 Å². The summed E-state index contributed by atoms with van der Waals surface area (Å²) in [6.45, 7) is 12.9. The summed E-state index contributed by atoms with van der Waals surface area (Å²) in [5.41, 5.74) is 2.97. The number of aromatic nitrogens is 4. The topological polar surface area (TPSA) is 43.6 Å². The Morgan fingerprint density at radius 1 is 0.944 bits per heavy atom. The monoisotopic (exact) mass is 246 g/mol. The van der Waals surface area contributed by atoms with E-state index in [0.29, 0.717) is 0 Å². The van der Waals surface area contributed by atoms with Crippen molar-refractivity contribution in [1.82, 2.24) is 19.7 Å². The van der Waals surface area contributed by atoms with Crippen LogP contribution in [0.1, 0.15) is 53.1 Å². The van der Waals surface area contributed by atoms with E-state index >= 15 is 0 Å². The molecule has 0 amide bonds. The van der Waals surface area contributed by atoms with Crippen LogP contribution in [0.5, 0.6) is 0 Å². The number of nitrogens with zero attached hydrogens (tertiary/aromatic N) is 4. The van der Waals surface area contributed by atoms with Gasteiger partial charge >= 0.3 is 0 Å². The summed E-state index contributed by atoms with van der Waals surface area (Å²) in [4.78, 5) is 9.45. The summed E-state index contributed by atoms with van der Waals surface area (Å²) >= 11 is 0. The average Bonchev–Trinajstić information content (AvgIpc) is 2.56. The van der Waals surface area contributed by atoms with E-state index in [1.165, 1.54) is 0 Å². The minimum atomic E-state index is -0.0516. The molecule has 0 saturated carbocycles. The van der Waals surface area contributed by atoms with Gasteiger partial charge < -0.3 is 0 Å². The van der Waals surface area contributed by atoms with Gasteiger partial charge in [-0.1, -0.05) is 41.5 Å². The summed E-state index contributed by atoms with van der Waals surface area (Å²) in [6, 6.07) is 0. The Kier molecular flexibility index (Phi) is 2.72. The summed E-state index contributed by atoms with van der Waals surface area (Å²) in [7, 11) is 1.94. The molecule has 0 saturated heterocycles. The average molecular weight is 246 g/mol. The second-order valence-electron chi connectivity index (χ2n) is 6.90. The lowest BCUT2D eigenvalue weighted by molar-refractivity contribution is 0.518. The Balaban J connectivity index is 2.83. The molecule has 2 rings (SSSR count). The van der Waals surface area contributed by atoms with Crippen LogP contribution >= 0.6 is 0 Å². The summed E-state index contributed by atoms with van der Waals surface area (Å²) in [5.74, 6) is 0.882. The number of fused-ring (bicyclic) bond motifs is 1. The van der Waals surface area contributed by atoms with Crippen LogP contribution in [-0.2, 0) is 17.9 Å². The Morgan fingerprint density at radius 2 is 1.56 bits per heavy atom. The van der Waals surface area contributed by atoms with Gasteiger partial charge in [-0.05, 0) is 0 Å². The zero-order valence-electron chi connectivity index (χ0n) is 12.4. The van der Waals surface area contributed by atoms with E-state index in [-0.39, 0.29) is 10.8 Å². The van der Waals surface area contributed by atoms with Crippen LogP contribution in [0.2, 0.25) is 0 Å². The standard InChI is InChI=1S/C14H22N4/c1-13(2,3)11-10-9(8-15-18(10)7)16-12(17-11)14(4,5)6/h8H,1-7H3. The molecule has 0 bridgehead atoms. The summed E-state index contributed by atoms with van der Waals surface area (Å²) in [6.07, 6.45) is 1.82. The van der Waals surface area contributed by atoms with Gasteiger partial charge in [-0.25, -0.2) is 9.97 Å². The van der Waals surface area contributed by atoms with E-state index in [0.717, 1.165) is 22.6 Å². The molecule has 0 aliphatic heterocycles. The maximum atomic E-state index is 4.80. The Bertz CT molecular complexity index is 582. The molecule has 4 nitrogen and oxygen atoms in total. The third-order valence-corrected chi connectivity index (χ3v) is 2.97. The highest BCUT2D eigenvalue weighted by Gasteiger charge is 2.26. The normalized spacial score (nSPS) is 13.3. The molecule has 0 aliphatic carbocycles. The first-order valence-electron chi connectivity index (χ1n) is 6.31. The van der Waals surface area contributed by atoms with E-state index in [1.54, 1.807) is 0 Å². The zero-order valence-corrected chi connectivity index (χ0v) is 12.4. The SMILES string of the molecule is Cn1ncc2nc(C(C)(C)C)nc(C(C)(C)C)c21. The Morgan fingerprint density at radius 3 is 2.06 bits per heavy atom. The molecule has 0 aromatic carbocycles. The minimum Gasteiger partial charge on any atom is -0.264 e. The van der Waals surface area contributed by atoms with E-state index in [1.807, 2.05) is 17.9 Å². The second kappa shape index (κ2) is 3.77. The fraction of sp³-hybridized carbons (Fsp3) is 0.643. The van der Waals surface area contributed by atoms with Crippen molar-refractivity contribution in [2.75, 3.05) is 0 Å². The van der Waals surface area contributed by atoms with Gasteiger partial charge in [0.1, 0.15) is 16.9 Å². The largest absolute Gasteiger partial charge is 0.264 e. The molecule has 2 aromatic rings. The number of hydrogen-bond acceptors (Lipinski definition) is 3. The highest BCUT2D eigenvalue weighted by molar-refractivity contribution is 5.77. The lowest BCUT2D eigenvalue weighted by Crippen LogP contribution is -2.22. The lowest BCUT2D eigenvalue weighted by atomic mass is 9.89. The molecule has 0 atom stereocenters. The lowest BCUT2D eigenvalue weighted by Gasteiger charge is -2.23. The smallest absolute Gasteiger partial charge is 0.134 e. The van der Waals surface area contributed by atoms with Crippen LogP contribution in [-0.4, -0.2) is 19.7 Å². The van der Waals surface area contributed by atoms with E-state index in [9.17, 15) is 0 Å². The molecule has 0 radical (unpaired) electrons. The van der Waals surface area contributed by atoms with Crippen molar-refractivity contribution in [3.05, 3.63) is 17.7 Å². The predicted octanol–water partition coefficient (Wildman–Crippen LogP) is 2.96. The Labute approximate surface area is 108 Å². The van der Waals surface area contributed by atoms with Crippen LogP contribution in [0, 0.1) is 0 Å². The van der Waals surface area contributed by atoms with E-state index < -0.39 is 0 Å². The van der Waals surface area contributed by atoms with Gasteiger partial charge in [0.25, 0.3) is 0 Å². The van der Waals surface area contributed by atoms with Gasteiger partial charge in [-0.15, -0.1) is 0 Å². The molecule has 98 valence electrons. The van der Waals surface area contributed by atoms with Gasteiger partial charge in [-0.3, -0.25) is 4.68 Å². The van der Waals surface area contributed by atoms with Gasteiger partial charge in [0.2, 0.25) is 0 Å². The first-order chi connectivity index (χ1) is 8.10. The summed E-state index contributed by atoms with van der Waals surface area (Å²) < 4.78 is 1.86. The quantitative estimate of drug-likeness (QED) is 0.717. The Hall–Kier alpha value is -1.45. The molecular formula is C14H22N4. The molecular weight excluding hydrogens is 224 g/mol. The summed E-state index contributed by atoms with van der Waals surface area (Å²) in [5, 5.41) is 4.31. The van der Waals surface area contributed by atoms with Crippen LogP contribution in [0.25, 0.3) is 11.0 Å². The third-order valence-electron chi connectivity index (χ3n) is 2.97. The molecule has 2 aromatic heterocycles. The van der Waals surface area contributed by atoms with Crippen molar-refractivity contribution >= 4 is 11.0 Å². The van der Waals surface area contributed by atoms with Crippen molar-refractivity contribution in [3.8, 4) is 0 Å². The van der Waals surface area contributed by atoms with Crippen LogP contribution < -0.4 is 0 Å². The van der Waals surface area contributed by atoms with Gasteiger partial charge in [-0.2, -0.15) is 5.10 Å². The predicted molar refractivity (Wildman–Crippen MR) is 73.7 cm³/mol. The maximum absolute atomic E-state index is 4.80. The van der Waals surface area contributed by atoms with Crippen molar-refractivity contribution in [3.63, 3.8) is 0 Å². The van der Waals surface area contributed by atoms with Crippen molar-refractivity contribution < 1.29 is 0 Å². The van der Waals surface area contributed by atoms with E-state index in [2.05, 4.69) is 51.6 Å². The molecule has 0 spiro atoms. The van der Waals surface area contributed by atoms with Crippen molar-refractivity contribution in [1.29, 1.82) is 0 Å². The first kappa shape index (κ1) is 13.0. The third kappa shape index (κ3) is 2.11. The highest BCUT2D eigenvalue weighted by Crippen LogP contribution is 2.30. The van der Waals surface area contributed by atoms with Crippen LogP contribution in [0.4, 0.5) is 0 Å². The fourth-order valence-corrected chi connectivity index (χ4v) is 1.94. The van der Waals surface area contributed by atoms with Gasteiger partial charge in [0.15, 0.2) is 0 Å². The fourth-order valence-electron chi connectivity index (χ4n) is 1.94. The molecule has 0 unspecified atom stereocenters. The van der Waals surface area contributed by atoms with Crippen molar-refractivity contribution in [2.24, 2.45) is 7.05 Å². The second-order valence-corrected chi connectivity index (χ2v) is 6.90. The molecule has 18 heavy (non-hydrogen) atoms. The first-order valence-corrected chi connectivity index (χ1v) is 6.31. The number of aryl methyl sites for hydroxylation is 1. The zero-order chi connectivity index (χ0) is 13.7. The highest BCUT2D eigenvalue weighted by atomic mass is 15.3. The number of rotatable bonds is 0. The van der Waals surface area contributed by atoms with Gasteiger partial charge in [0.05, 0.1) is 11.9 Å². The molecule has 2 heterocycles. The molecule has 4 heteroatoms. The maximum Gasteiger partial charge on any atom is 0.134 e. The molecule has 0 fully saturated rings. The van der Waals surface area contributed by atoms with Crippen molar-refractivity contribution in [2.45, 2.75) is 52.4 Å². The van der Waals surface area contributed by atoms with Gasteiger partial charge in [0, 0.05) is 17.9 Å². The molecule has 0 aliphatic rings.